The zero-order chi connectivity index (χ0) is 20.3. The largest absolute Gasteiger partial charge is 0.476 e. The lowest BCUT2D eigenvalue weighted by molar-refractivity contribution is -0.134. The number of rotatable bonds is 7. The van der Waals surface area contributed by atoms with Crippen LogP contribution in [0.1, 0.15) is 41.9 Å². The van der Waals surface area contributed by atoms with Crippen LogP contribution in [0.4, 0.5) is 9.93 Å². The normalized spacial score (nSPS) is 17.3. The fraction of sp³-hybridized carbons (Fsp3) is 0.278. The summed E-state index contributed by atoms with van der Waals surface area (Å²) < 4.78 is 0. The molecule has 4 amide bonds. The Labute approximate surface area is 164 Å². The van der Waals surface area contributed by atoms with Crippen LogP contribution in [0.15, 0.2) is 35.7 Å². The molecule has 0 spiro atoms. The van der Waals surface area contributed by atoms with Gasteiger partial charge in [-0.1, -0.05) is 43.7 Å². The zero-order valence-corrected chi connectivity index (χ0v) is 15.7. The number of carbonyl (C=O) groups is 4. The van der Waals surface area contributed by atoms with E-state index in [1.165, 1.54) is 5.38 Å². The summed E-state index contributed by atoms with van der Waals surface area (Å²) in [5.74, 6) is -2.30. The number of nitrogens with one attached hydrogen (secondary N) is 2. The molecule has 3 N–H and O–H groups in total. The molecular weight excluding hydrogens is 384 g/mol. The van der Waals surface area contributed by atoms with Gasteiger partial charge in [-0.05, 0) is 12.0 Å². The fourth-order valence-corrected chi connectivity index (χ4v) is 3.62. The Balaban J connectivity index is 1.80. The number of thiazole rings is 1. The van der Waals surface area contributed by atoms with Gasteiger partial charge >= 0.3 is 12.0 Å². The summed E-state index contributed by atoms with van der Waals surface area (Å²) in [7, 11) is 0. The lowest BCUT2D eigenvalue weighted by atomic mass is 10.1. The van der Waals surface area contributed by atoms with E-state index in [9.17, 15) is 19.2 Å². The first-order valence-electron chi connectivity index (χ1n) is 8.60. The second-order valence-corrected chi connectivity index (χ2v) is 7.00. The first-order valence-corrected chi connectivity index (χ1v) is 9.48. The van der Waals surface area contributed by atoms with Gasteiger partial charge in [-0.3, -0.25) is 9.59 Å². The Morgan fingerprint density at radius 3 is 2.64 bits per heavy atom. The first kappa shape index (κ1) is 19.5. The number of nitrogens with zero attached hydrogens (tertiary/aromatic N) is 2. The maximum Gasteiger partial charge on any atom is 0.355 e. The third kappa shape index (κ3) is 3.86. The number of aromatic nitrogens is 1. The molecule has 1 aromatic heterocycles. The van der Waals surface area contributed by atoms with Crippen molar-refractivity contribution < 1.29 is 24.3 Å². The molecule has 1 fully saturated rings. The van der Waals surface area contributed by atoms with Gasteiger partial charge in [-0.2, -0.15) is 0 Å². The quantitative estimate of drug-likeness (QED) is 0.609. The first-order chi connectivity index (χ1) is 13.4. The van der Waals surface area contributed by atoms with Gasteiger partial charge in [0.05, 0.1) is 0 Å². The van der Waals surface area contributed by atoms with Crippen LogP contribution in [-0.4, -0.2) is 44.8 Å². The van der Waals surface area contributed by atoms with Crippen molar-refractivity contribution in [1.29, 1.82) is 0 Å². The molecule has 0 aliphatic carbocycles. The van der Waals surface area contributed by atoms with Gasteiger partial charge in [0.15, 0.2) is 10.8 Å². The molecule has 1 aliphatic heterocycles. The van der Waals surface area contributed by atoms with Gasteiger partial charge in [0, 0.05) is 5.38 Å². The van der Waals surface area contributed by atoms with Crippen molar-refractivity contribution in [3.05, 3.63) is 47.0 Å². The summed E-state index contributed by atoms with van der Waals surface area (Å²) in [6.07, 6.45) is 0.826. The molecule has 0 radical (unpaired) electrons. The summed E-state index contributed by atoms with van der Waals surface area (Å²) in [4.78, 5) is 53.7. The van der Waals surface area contributed by atoms with E-state index in [1.807, 2.05) is 6.92 Å². The van der Waals surface area contributed by atoms with Gasteiger partial charge < -0.3 is 15.7 Å². The molecule has 28 heavy (non-hydrogen) atoms. The average Bonchev–Trinajstić information content (AvgIpc) is 3.25. The van der Waals surface area contributed by atoms with Crippen LogP contribution in [0, 0.1) is 0 Å². The SMILES string of the molecule is CCC[C@H](C(=O)Nc1nc(C(=O)O)cs1)N1C(=O)N[C@@H](c2ccccc2)C1=O. The third-order valence-electron chi connectivity index (χ3n) is 4.23. The van der Waals surface area contributed by atoms with Gasteiger partial charge in [-0.15, -0.1) is 11.3 Å². The summed E-state index contributed by atoms with van der Waals surface area (Å²) in [6, 6.07) is 6.26. The number of amides is 4. The van der Waals surface area contributed by atoms with Gasteiger partial charge in [-0.25, -0.2) is 19.5 Å². The van der Waals surface area contributed by atoms with Crippen LogP contribution in [0.25, 0.3) is 0 Å². The van der Waals surface area contributed by atoms with Crippen LogP contribution >= 0.6 is 11.3 Å². The number of aromatic carboxylic acids is 1. The highest BCUT2D eigenvalue weighted by molar-refractivity contribution is 7.14. The summed E-state index contributed by atoms with van der Waals surface area (Å²) in [5, 5.41) is 15.4. The topological polar surface area (TPSA) is 129 Å². The minimum Gasteiger partial charge on any atom is -0.476 e. The van der Waals surface area contributed by atoms with Crippen molar-refractivity contribution in [2.75, 3.05) is 5.32 Å². The average molecular weight is 402 g/mol. The van der Waals surface area contributed by atoms with Crippen LogP contribution in [0.2, 0.25) is 0 Å². The highest BCUT2D eigenvalue weighted by Crippen LogP contribution is 2.26. The Morgan fingerprint density at radius 2 is 2.04 bits per heavy atom. The molecule has 1 aliphatic rings. The highest BCUT2D eigenvalue weighted by atomic mass is 32.1. The van der Waals surface area contributed by atoms with Crippen molar-refractivity contribution >= 4 is 40.3 Å². The minimum atomic E-state index is -1.21. The number of carboxylic acid groups (broad SMARTS) is 1. The van der Waals surface area contributed by atoms with Crippen molar-refractivity contribution in [1.82, 2.24) is 15.2 Å². The summed E-state index contributed by atoms with van der Waals surface area (Å²) in [6.45, 7) is 1.83. The lowest BCUT2D eigenvalue weighted by Gasteiger charge is -2.23. The lowest BCUT2D eigenvalue weighted by Crippen LogP contribution is -2.47. The van der Waals surface area contributed by atoms with Crippen LogP contribution in [0.3, 0.4) is 0 Å². The van der Waals surface area contributed by atoms with E-state index in [2.05, 4.69) is 15.6 Å². The van der Waals surface area contributed by atoms with E-state index < -0.39 is 35.9 Å². The second kappa shape index (κ2) is 8.17. The Morgan fingerprint density at radius 1 is 1.32 bits per heavy atom. The number of hydrogen-bond donors (Lipinski definition) is 3. The number of urea groups is 1. The molecule has 3 rings (SSSR count). The van der Waals surface area contributed by atoms with E-state index >= 15 is 0 Å². The van der Waals surface area contributed by atoms with Crippen molar-refractivity contribution in [2.45, 2.75) is 31.8 Å². The van der Waals surface area contributed by atoms with E-state index in [-0.39, 0.29) is 17.2 Å². The van der Waals surface area contributed by atoms with Gasteiger partial charge in [0.2, 0.25) is 5.91 Å². The molecule has 2 aromatic rings. The van der Waals surface area contributed by atoms with Gasteiger partial charge in [0.25, 0.3) is 5.91 Å². The van der Waals surface area contributed by atoms with Crippen LogP contribution < -0.4 is 10.6 Å². The number of anilines is 1. The molecule has 0 saturated carbocycles. The Hall–Kier alpha value is -3.27. The maximum atomic E-state index is 12.9. The Kier molecular flexibility index (Phi) is 5.69. The smallest absolute Gasteiger partial charge is 0.355 e. The standard InChI is InChI=1S/C18H18N4O5S/c1-2-6-12(14(23)21-17-19-11(9-28-17)16(25)26)22-15(24)13(20-18(22)27)10-7-4-3-5-8-10/h3-5,7-9,12-13H,2,6H2,1H3,(H,20,27)(H,25,26)(H,19,21,23)/t12-,13+/m1/s1. The maximum absolute atomic E-state index is 12.9. The minimum absolute atomic E-state index is 0.0927. The van der Waals surface area contributed by atoms with Crippen molar-refractivity contribution in [2.24, 2.45) is 0 Å². The van der Waals surface area contributed by atoms with E-state index in [4.69, 9.17) is 5.11 Å². The van der Waals surface area contributed by atoms with Crippen LogP contribution in [-0.2, 0) is 9.59 Å². The third-order valence-corrected chi connectivity index (χ3v) is 4.99. The van der Waals surface area contributed by atoms with E-state index in [0.29, 0.717) is 12.0 Å². The number of carbonyl (C=O) groups excluding carboxylic acids is 3. The molecule has 1 saturated heterocycles. The zero-order valence-electron chi connectivity index (χ0n) is 14.9. The molecule has 2 heterocycles. The Bertz CT molecular complexity index is 914. The fourth-order valence-electron chi connectivity index (χ4n) is 2.93. The molecule has 10 heteroatoms. The molecule has 2 atom stereocenters. The monoisotopic (exact) mass is 402 g/mol. The summed E-state index contributed by atoms with van der Waals surface area (Å²) in [5.41, 5.74) is 0.441. The van der Waals surface area contributed by atoms with Crippen molar-refractivity contribution in [3.8, 4) is 0 Å². The molecule has 146 valence electrons. The predicted octanol–water partition coefficient (Wildman–Crippen LogP) is 2.24. The number of carboxylic acids is 1. The van der Waals surface area contributed by atoms with Gasteiger partial charge in [0.1, 0.15) is 12.1 Å². The second-order valence-electron chi connectivity index (χ2n) is 6.14. The molecule has 0 bridgehead atoms. The van der Waals surface area contributed by atoms with E-state index in [0.717, 1.165) is 16.2 Å². The molecule has 1 aromatic carbocycles. The highest BCUT2D eigenvalue weighted by Gasteiger charge is 2.44. The molecule has 9 nitrogen and oxygen atoms in total. The van der Waals surface area contributed by atoms with Crippen molar-refractivity contribution in [3.63, 3.8) is 0 Å². The molecular formula is C18H18N4O5S. The van der Waals surface area contributed by atoms with E-state index in [1.54, 1.807) is 30.3 Å². The van der Waals surface area contributed by atoms with Crippen LogP contribution in [0.5, 0.6) is 0 Å². The molecule has 0 unspecified atom stereocenters. The number of hydrogen-bond acceptors (Lipinski definition) is 6. The summed E-state index contributed by atoms with van der Waals surface area (Å²) >= 11 is 0.955. The number of imide groups is 1. The number of benzene rings is 1. The predicted molar refractivity (Wildman–Crippen MR) is 101 cm³/mol.